The van der Waals surface area contributed by atoms with Crippen molar-refractivity contribution >= 4 is 17.5 Å². The molecule has 0 aromatic carbocycles. The fraction of sp³-hybridized carbons (Fsp3) is 0.455. The van der Waals surface area contributed by atoms with Crippen LogP contribution in [0, 0.1) is 0 Å². The fourth-order valence-corrected chi connectivity index (χ4v) is 1.45. The van der Waals surface area contributed by atoms with Crippen LogP contribution in [-0.2, 0) is 4.79 Å². The third-order valence-electron chi connectivity index (χ3n) is 2.43. The van der Waals surface area contributed by atoms with Gasteiger partial charge in [0.05, 0.1) is 5.69 Å². The van der Waals surface area contributed by atoms with Gasteiger partial charge in [0.25, 0.3) is 5.91 Å². The molecule has 5 N–H and O–H groups in total. The quantitative estimate of drug-likeness (QED) is 0.700. The number of anilines is 1. The van der Waals surface area contributed by atoms with Crippen molar-refractivity contribution in [3.8, 4) is 0 Å². The third kappa shape index (κ3) is 2.99. The highest BCUT2D eigenvalue weighted by molar-refractivity contribution is 5.96. The topological polar surface area (TPSA) is 103 Å². The SMILES string of the molecule is CC(NC(=O)c1cc(N)cn1C(C)C)C(N)=O. The molecule has 0 radical (unpaired) electrons. The maximum Gasteiger partial charge on any atom is 0.268 e. The number of hydrogen-bond donors (Lipinski definition) is 3. The van der Waals surface area contributed by atoms with Crippen LogP contribution in [0.4, 0.5) is 5.69 Å². The van der Waals surface area contributed by atoms with Crippen LogP contribution in [0.2, 0.25) is 0 Å². The maximum absolute atomic E-state index is 11.9. The Balaban J connectivity index is 2.92. The van der Waals surface area contributed by atoms with Gasteiger partial charge in [-0.25, -0.2) is 0 Å². The van der Waals surface area contributed by atoms with Crippen LogP contribution in [0.5, 0.6) is 0 Å². The Morgan fingerprint density at radius 1 is 1.35 bits per heavy atom. The minimum atomic E-state index is -0.709. The number of nitrogens with zero attached hydrogens (tertiary/aromatic N) is 1. The number of nitrogens with one attached hydrogen (secondary N) is 1. The molecule has 1 aromatic heterocycles. The predicted molar refractivity (Wildman–Crippen MR) is 65.4 cm³/mol. The van der Waals surface area contributed by atoms with E-state index in [1.807, 2.05) is 13.8 Å². The van der Waals surface area contributed by atoms with E-state index in [2.05, 4.69) is 5.32 Å². The Kier molecular flexibility index (Phi) is 3.77. The molecule has 1 unspecified atom stereocenters. The number of amides is 2. The van der Waals surface area contributed by atoms with Gasteiger partial charge in [-0.3, -0.25) is 9.59 Å². The van der Waals surface area contributed by atoms with Crippen LogP contribution in [0.3, 0.4) is 0 Å². The number of nitrogen functional groups attached to an aromatic ring is 1. The van der Waals surface area contributed by atoms with Crippen molar-refractivity contribution in [2.45, 2.75) is 32.9 Å². The zero-order valence-electron chi connectivity index (χ0n) is 10.2. The van der Waals surface area contributed by atoms with Gasteiger partial charge in [0, 0.05) is 12.2 Å². The average molecular weight is 238 g/mol. The average Bonchev–Trinajstić information content (AvgIpc) is 2.60. The van der Waals surface area contributed by atoms with Gasteiger partial charge >= 0.3 is 0 Å². The summed E-state index contributed by atoms with van der Waals surface area (Å²) >= 11 is 0. The number of rotatable bonds is 4. The largest absolute Gasteiger partial charge is 0.397 e. The lowest BCUT2D eigenvalue weighted by molar-refractivity contribution is -0.119. The van der Waals surface area contributed by atoms with Crippen LogP contribution in [0.25, 0.3) is 0 Å². The van der Waals surface area contributed by atoms with Crippen molar-refractivity contribution in [1.82, 2.24) is 9.88 Å². The Morgan fingerprint density at radius 2 is 1.94 bits per heavy atom. The Hall–Kier alpha value is -1.98. The number of nitrogens with two attached hydrogens (primary N) is 2. The molecule has 1 aromatic rings. The van der Waals surface area contributed by atoms with Crippen molar-refractivity contribution < 1.29 is 9.59 Å². The van der Waals surface area contributed by atoms with Crippen LogP contribution >= 0.6 is 0 Å². The standard InChI is InChI=1S/C11H18N4O2/c1-6(2)15-5-8(12)4-9(15)11(17)14-7(3)10(13)16/h4-7H,12H2,1-3H3,(H2,13,16)(H,14,17). The first-order valence-corrected chi connectivity index (χ1v) is 5.40. The molecule has 0 aliphatic heterocycles. The van der Waals surface area contributed by atoms with Gasteiger partial charge in [-0.2, -0.15) is 0 Å². The second-order valence-electron chi connectivity index (χ2n) is 4.26. The molecule has 17 heavy (non-hydrogen) atoms. The summed E-state index contributed by atoms with van der Waals surface area (Å²) < 4.78 is 1.75. The normalized spacial score (nSPS) is 12.5. The Labute approximate surface area is 100.0 Å². The van der Waals surface area contributed by atoms with Crippen molar-refractivity contribution in [1.29, 1.82) is 0 Å². The highest BCUT2D eigenvalue weighted by atomic mass is 16.2. The summed E-state index contributed by atoms with van der Waals surface area (Å²) in [7, 11) is 0. The van der Waals surface area contributed by atoms with Gasteiger partial charge in [-0.05, 0) is 26.8 Å². The summed E-state index contributed by atoms with van der Waals surface area (Å²) in [5.41, 5.74) is 11.7. The molecule has 1 atom stereocenters. The van der Waals surface area contributed by atoms with Crippen molar-refractivity contribution in [3.63, 3.8) is 0 Å². The summed E-state index contributed by atoms with van der Waals surface area (Å²) in [5, 5.41) is 2.51. The molecule has 0 aliphatic rings. The number of primary amides is 1. The molecule has 0 aliphatic carbocycles. The number of aromatic nitrogens is 1. The van der Waals surface area contributed by atoms with Gasteiger partial charge in [0.2, 0.25) is 5.91 Å². The molecule has 6 heteroatoms. The molecule has 0 spiro atoms. The van der Waals surface area contributed by atoms with Gasteiger partial charge in [0.15, 0.2) is 0 Å². The Morgan fingerprint density at radius 3 is 2.41 bits per heavy atom. The van der Waals surface area contributed by atoms with E-state index in [1.165, 1.54) is 6.92 Å². The van der Waals surface area contributed by atoms with E-state index in [9.17, 15) is 9.59 Å². The molecule has 0 fully saturated rings. The maximum atomic E-state index is 11.9. The van der Waals surface area contributed by atoms with Gasteiger partial charge in [-0.15, -0.1) is 0 Å². The molecular formula is C11H18N4O2. The number of hydrogen-bond acceptors (Lipinski definition) is 3. The van der Waals surface area contributed by atoms with E-state index in [0.717, 1.165) is 0 Å². The molecule has 0 bridgehead atoms. The highest BCUT2D eigenvalue weighted by Crippen LogP contribution is 2.16. The van der Waals surface area contributed by atoms with E-state index in [-0.39, 0.29) is 11.9 Å². The molecule has 94 valence electrons. The fourth-order valence-electron chi connectivity index (χ4n) is 1.45. The lowest BCUT2D eigenvalue weighted by Crippen LogP contribution is -2.42. The predicted octanol–water partition coefficient (Wildman–Crippen LogP) is 0.255. The summed E-state index contributed by atoms with van der Waals surface area (Å²) in [4.78, 5) is 22.8. The van der Waals surface area contributed by atoms with Crippen molar-refractivity contribution in [2.24, 2.45) is 5.73 Å². The van der Waals surface area contributed by atoms with Crippen LogP contribution in [0.1, 0.15) is 37.3 Å². The monoisotopic (exact) mass is 238 g/mol. The van der Waals surface area contributed by atoms with Crippen molar-refractivity contribution in [3.05, 3.63) is 18.0 Å². The number of carbonyl (C=O) groups is 2. The third-order valence-corrected chi connectivity index (χ3v) is 2.43. The molecule has 6 nitrogen and oxygen atoms in total. The Bertz CT molecular complexity index is 437. The van der Waals surface area contributed by atoms with Gasteiger partial charge in [0.1, 0.15) is 11.7 Å². The second-order valence-corrected chi connectivity index (χ2v) is 4.26. The first-order chi connectivity index (χ1) is 7.82. The van der Waals surface area contributed by atoms with Crippen LogP contribution in [0.15, 0.2) is 12.3 Å². The van der Waals surface area contributed by atoms with Crippen molar-refractivity contribution in [2.75, 3.05) is 5.73 Å². The van der Waals surface area contributed by atoms with Gasteiger partial charge in [-0.1, -0.05) is 0 Å². The van der Waals surface area contributed by atoms with E-state index in [1.54, 1.807) is 16.8 Å². The summed E-state index contributed by atoms with van der Waals surface area (Å²) in [5.74, 6) is -0.935. The summed E-state index contributed by atoms with van der Waals surface area (Å²) in [6, 6.07) is 0.972. The zero-order valence-corrected chi connectivity index (χ0v) is 10.2. The van der Waals surface area contributed by atoms with E-state index in [4.69, 9.17) is 11.5 Å². The molecular weight excluding hydrogens is 220 g/mol. The van der Waals surface area contributed by atoms with Crippen LogP contribution in [-0.4, -0.2) is 22.4 Å². The molecule has 1 rings (SSSR count). The zero-order chi connectivity index (χ0) is 13.2. The van der Waals surface area contributed by atoms with Crippen LogP contribution < -0.4 is 16.8 Å². The second kappa shape index (κ2) is 4.90. The van der Waals surface area contributed by atoms with E-state index < -0.39 is 11.9 Å². The smallest absolute Gasteiger partial charge is 0.268 e. The molecule has 0 saturated carbocycles. The molecule has 0 saturated heterocycles. The minimum Gasteiger partial charge on any atom is -0.397 e. The highest BCUT2D eigenvalue weighted by Gasteiger charge is 2.18. The first kappa shape index (κ1) is 13.1. The summed E-state index contributed by atoms with van der Waals surface area (Å²) in [6.07, 6.45) is 1.69. The minimum absolute atomic E-state index is 0.108. The number of carbonyl (C=O) groups excluding carboxylic acids is 2. The van der Waals surface area contributed by atoms with E-state index in [0.29, 0.717) is 11.4 Å². The molecule has 2 amide bonds. The van der Waals surface area contributed by atoms with Gasteiger partial charge < -0.3 is 21.4 Å². The lowest BCUT2D eigenvalue weighted by Gasteiger charge is -2.14. The molecule has 1 heterocycles. The first-order valence-electron chi connectivity index (χ1n) is 5.40. The van der Waals surface area contributed by atoms with E-state index >= 15 is 0 Å². The summed E-state index contributed by atoms with van der Waals surface area (Å²) in [6.45, 7) is 5.41. The lowest BCUT2D eigenvalue weighted by atomic mass is 10.3.